The monoisotopic (exact) mass is 500 g/mol. The molecule has 5 rings (SSSR count). The van der Waals surface area contributed by atoms with Gasteiger partial charge in [-0.05, 0) is 44.5 Å². The second-order valence-corrected chi connectivity index (χ2v) is 9.64. The molecule has 1 N–H and O–H groups in total. The van der Waals surface area contributed by atoms with E-state index in [4.69, 9.17) is 30.2 Å². The molecule has 0 saturated carbocycles. The maximum absolute atomic E-state index is 13.6. The minimum atomic E-state index is -1.67. The highest BCUT2D eigenvalue weighted by Gasteiger charge is 2.60. The van der Waals surface area contributed by atoms with Crippen molar-refractivity contribution < 1.29 is 28.2 Å². The third-order valence-corrected chi connectivity index (χ3v) is 7.64. The topological polar surface area (TPSA) is 90.2 Å². The van der Waals surface area contributed by atoms with Crippen molar-refractivity contribution in [1.82, 2.24) is 10.2 Å². The highest BCUT2D eigenvalue weighted by Crippen LogP contribution is 2.52. The number of furan rings is 1. The zero-order valence-corrected chi connectivity index (χ0v) is 20.8. The number of carbonyl (C=O) groups excluding carboxylic acids is 2. The van der Waals surface area contributed by atoms with Crippen molar-refractivity contribution in [2.24, 2.45) is 5.92 Å². The number of allylic oxidation sites excluding steroid dienone is 1. The Morgan fingerprint density at radius 1 is 1.23 bits per heavy atom. The molecule has 9 heteroatoms. The normalized spacial score (nSPS) is 24.8. The molecule has 1 aromatic carbocycles. The van der Waals surface area contributed by atoms with Crippen LogP contribution >= 0.6 is 11.6 Å². The van der Waals surface area contributed by atoms with Crippen LogP contribution in [0.4, 0.5) is 0 Å². The van der Waals surface area contributed by atoms with Crippen LogP contribution in [0.15, 0.2) is 40.7 Å². The standard InChI is InChI=1S/C26H29ClN2O6/c1-15-11-16(28-14-17(18-7-6-10-34-18)29-8-4-5-9-29)12-21(30)26(15)25(31)22-19(32-2)13-20(33-3)23(27)24(22)35-26/h6-7,10,12-13,15,17,28H,4-5,8-9,11,14H2,1-3H3/t15-,17?,26+/m1/s1. The van der Waals surface area contributed by atoms with Crippen LogP contribution in [0.5, 0.6) is 17.2 Å². The molecular weight excluding hydrogens is 472 g/mol. The SMILES string of the molecule is COc1cc(OC)c2c(c1Cl)O[C@@]1(C(=O)C=C(NCC(c3ccco3)N3CCCC3)C[C@H]1C)C2=O. The molecule has 3 heterocycles. The summed E-state index contributed by atoms with van der Waals surface area (Å²) in [5, 5.41) is 3.59. The number of ether oxygens (including phenoxy) is 3. The van der Waals surface area contributed by atoms with Gasteiger partial charge < -0.3 is 23.9 Å². The fourth-order valence-electron chi connectivity index (χ4n) is 5.42. The molecule has 1 aromatic heterocycles. The summed E-state index contributed by atoms with van der Waals surface area (Å²) in [7, 11) is 2.91. The zero-order chi connectivity index (χ0) is 24.7. The van der Waals surface area contributed by atoms with Gasteiger partial charge in [-0.25, -0.2) is 0 Å². The van der Waals surface area contributed by atoms with Gasteiger partial charge in [-0.3, -0.25) is 14.5 Å². The molecule has 1 saturated heterocycles. The summed E-state index contributed by atoms with van der Waals surface area (Å²) < 4.78 is 22.5. The first-order valence-electron chi connectivity index (χ1n) is 11.8. The van der Waals surface area contributed by atoms with Gasteiger partial charge in [-0.15, -0.1) is 0 Å². The fourth-order valence-corrected chi connectivity index (χ4v) is 5.69. The van der Waals surface area contributed by atoms with Gasteiger partial charge in [0, 0.05) is 30.3 Å². The Bertz CT molecular complexity index is 1170. The average molecular weight is 501 g/mol. The number of Topliss-reactive ketones (excluding diaryl/α,β-unsaturated/α-hetero) is 1. The van der Waals surface area contributed by atoms with E-state index in [0.717, 1.165) is 37.4 Å². The van der Waals surface area contributed by atoms with Gasteiger partial charge in [0.1, 0.15) is 27.8 Å². The molecule has 3 atom stereocenters. The number of fused-ring (bicyclic) bond motifs is 1. The van der Waals surface area contributed by atoms with Crippen LogP contribution in [-0.2, 0) is 4.79 Å². The van der Waals surface area contributed by atoms with Crippen molar-refractivity contribution in [3.63, 3.8) is 0 Å². The first kappa shape index (κ1) is 23.8. The Morgan fingerprint density at radius 3 is 2.60 bits per heavy atom. The number of benzene rings is 1. The lowest BCUT2D eigenvalue weighted by Gasteiger charge is -2.36. The van der Waals surface area contributed by atoms with E-state index >= 15 is 0 Å². The predicted octanol–water partition coefficient (Wildman–Crippen LogP) is 4.18. The van der Waals surface area contributed by atoms with Crippen molar-refractivity contribution in [2.75, 3.05) is 33.9 Å². The molecule has 2 aliphatic heterocycles. The third kappa shape index (κ3) is 3.79. The highest BCUT2D eigenvalue weighted by atomic mass is 35.5. The van der Waals surface area contributed by atoms with E-state index in [0.29, 0.717) is 18.7 Å². The summed E-state index contributed by atoms with van der Waals surface area (Å²) in [6.07, 6.45) is 5.96. The van der Waals surface area contributed by atoms with E-state index in [9.17, 15) is 9.59 Å². The Hall–Kier alpha value is -2.97. The second kappa shape index (κ2) is 9.24. The summed E-state index contributed by atoms with van der Waals surface area (Å²) in [5.74, 6) is 0.328. The van der Waals surface area contributed by atoms with Crippen molar-refractivity contribution in [3.8, 4) is 17.2 Å². The van der Waals surface area contributed by atoms with Crippen LogP contribution in [0.2, 0.25) is 5.02 Å². The van der Waals surface area contributed by atoms with Crippen LogP contribution in [0, 0.1) is 5.92 Å². The minimum absolute atomic E-state index is 0.0684. The smallest absolute Gasteiger partial charge is 0.236 e. The molecule has 0 bridgehead atoms. The van der Waals surface area contributed by atoms with Gasteiger partial charge in [-0.1, -0.05) is 18.5 Å². The summed E-state index contributed by atoms with van der Waals surface area (Å²) in [4.78, 5) is 29.5. The molecule has 8 nitrogen and oxygen atoms in total. The molecule has 1 spiro atoms. The largest absolute Gasteiger partial charge is 0.496 e. The zero-order valence-electron chi connectivity index (χ0n) is 20.1. The first-order valence-corrected chi connectivity index (χ1v) is 12.2. The number of ketones is 2. The van der Waals surface area contributed by atoms with E-state index in [2.05, 4.69) is 10.2 Å². The summed E-state index contributed by atoms with van der Waals surface area (Å²) >= 11 is 6.46. The molecule has 35 heavy (non-hydrogen) atoms. The molecule has 1 aliphatic carbocycles. The number of methoxy groups -OCH3 is 2. The van der Waals surface area contributed by atoms with Gasteiger partial charge >= 0.3 is 0 Å². The molecular formula is C26H29ClN2O6. The molecule has 3 aliphatic rings. The van der Waals surface area contributed by atoms with E-state index in [-0.39, 0.29) is 28.1 Å². The lowest BCUT2D eigenvalue weighted by molar-refractivity contribution is -0.129. The fraction of sp³-hybridized carbons (Fsp3) is 0.462. The Labute approximate surface area is 209 Å². The van der Waals surface area contributed by atoms with Crippen molar-refractivity contribution in [1.29, 1.82) is 0 Å². The lowest BCUT2D eigenvalue weighted by atomic mass is 9.74. The summed E-state index contributed by atoms with van der Waals surface area (Å²) in [6, 6.07) is 5.48. The van der Waals surface area contributed by atoms with Crippen LogP contribution in [0.3, 0.4) is 0 Å². The van der Waals surface area contributed by atoms with Gasteiger partial charge in [0.25, 0.3) is 0 Å². The summed E-state index contributed by atoms with van der Waals surface area (Å²) in [5.41, 5.74) is -0.728. The van der Waals surface area contributed by atoms with Crippen molar-refractivity contribution in [3.05, 3.63) is 52.6 Å². The number of hydrogen-bond donors (Lipinski definition) is 1. The Morgan fingerprint density at radius 2 is 1.97 bits per heavy atom. The maximum Gasteiger partial charge on any atom is 0.236 e. The number of nitrogens with zero attached hydrogens (tertiary/aromatic N) is 1. The van der Waals surface area contributed by atoms with Crippen LogP contribution in [-0.4, -0.2) is 55.9 Å². The number of nitrogens with one attached hydrogen (secondary N) is 1. The molecule has 186 valence electrons. The molecule has 1 fully saturated rings. The minimum Gasteiger partial charge on any atom is -0.496 e. The number of likely N-dealkylation sites (tertiary alicyclic amines) is 1. The molecule has 2 aromatic rings. The third-order valence-electron chi connectivity index (χ3n) is 7.29. The molecule has 1 unspecified atom stereocenters. The van der Waals surface area contributed by atoms with Crippen LogP contribution in [0.25, 0.3) is 0 Å². The van der Waals surface area contributed by atoms with Crippen LogP contribution < -0.4 is 19.5 Å². The highest BCUT2D eigenvalue weighted by molar-refractivity contribution is 6.36. The van der Waals surface area contributed by atoms with Crippen molar-refractivity contribution >= 4 is 23.2 Å². The van der Waals surface area contributed by atoms with Gasteiger partial charge in [0.15, 0.2) is 5.75 Å². The number of halogens is 1. The van der Waals surface area contributed by atoms with Crippen molar-refractivity contribution in [2.45, 2.75) is 37.8 Å². The predicted molar refractivity (Wildman–Crippen MR) is 129 cm³/mol. The first-order chi connectivity index (χ1) is 16.9. The van der Waals surface area contributed by atoms with Gasteiger partial charge in [-0.2, -0.15) is 0 Å². The number of hydrogen-bond acceptors (Lipinski definition) is 8. The Kier molecular flexibility index (Phi) is 6.27. The van der Waals surface area contributed by atoms with Gasteiger partial charge in [0.05, 0.1) is 26.5 Å². The second-order valence-electron chi connectivity index (χ2n) is 9.26. The van der Waals surface area contributed by atoms with Crippen LogP contribution in [0.1, 0.15) is 48.3 Å². The van der Waals surface area contributed by atoms with Gasteiger partial charge in [0.2, 0.25) is 17.2 Å². The molecule has 0 amide bonds. The van der Waals surface area contributed by atoms with E-state index < -0.39 is 23.1 Å². The van der Waals surface area contributed by atoms with E-state index in [1.807, 2.05) is 19.1 Å². The van der Waals surface area contributed by atoms with E-state index in [1.165, 1.54) is 26.4 Å². The number of carbonyl (C=O) groups is 2. The van der Waals surface area contributed by atoms with E-state index in [1.54, 1.807) is 6.26 Å². The lowest BCUT2D eigenvalue weighted by Crippen LogP contribution is -2.55. The average Bonchev–Trinajstić information content (AvgIpc) is 3.61. The summed E-state index contributed by atoms with van der Waals surface area (Å²) in [6.45, 7) is 4.46. The molecule has 0 radical (unpaired) electrons. The number of rotatable bonds is 7. The maximum atomic E-state index is 13.6. The Balaban J connectivity index is 1.40. The quantitative estimate of drug-likeness (QED) is 0.566.